The first kappa shape index (κ1) is 12.2. The van der Waals surface area contributed by atoms with E-state index in [4.69, 9.17) is 10.8 Å². The number of carboxylic acid groups (broad SMARTS) is 1. The number of aromatic carboxylic acids is 1. The van der Waals surface area contributed by atoms with Gasteiger partial charge in [0.25, 0.3) is 0 Å². The van der Waals surface area contributed by atoms with Gasteiger partial charge in [-0.1, -0.05) is 6.07 Å². The molecule has 4 N–H and O–H groups in total. The minimum Gasteiger partial charge on any atom is -0.478 e. The highest BCUT2D eigenvalue weighted by Gasteiger charge is 2.08. The van der Waals surface area contributed by atoms with Gasteiger partial charge < -0.3 is 16.2 Å². The van der Waals surface area contributed by atoms with Crippen molar-refractivity contribution < 1.29 is 14.7 Å². The second-order valence-corrected chi connectivity index (χ2v) is 3.42. The first-order chi connectivity index (χ1) is 7.54. The summed E-state index contributed by atoms with van der Waals surface area (Å²) in [7, 11) is 0. The molecule has 0 aliphatic heterocycles. The molecule has 0 unspecified atom stereocenters. The number of carboxylic acids is 1. The fourth-order valence-corrected chi connectivity index (χ4v) is 1.23. The number of nitrogens with two attached hydrogens (primary N) is 1. The summed E-state index contributed by atoms with van der Waals surface area (Å²) in [5.74, 6) is -1.23. The lowest BCUT2D eigenvalue weighted by molar-refractivity contribution is -0.116. The Morgan fingerprint density at radius 1 is 1.44 bits per heavy atom. The quantitative estimate of drug-likeness (QED) is 0.708. The zero-order chi connectivity index (χ0) is 12.1. The molecule has 16 heavy (non-hydrogen) atoms. The van der Waals surface area contributed by atoms with E-state index < -0.39 is 5.97 Å². The van der Waals surface area contributed by atoms with E-state index in [0.717, 1.165) is 5.56 Å². The molecule has 5 heteroatoms. The van der Waals surface area contributed by atoms with Gasteiger partial charge in [0.05, 0.1) is 5.56 Å². The summed E-state index contributed by atoms with van der Waals surface area (Å²) in [5, 5.41) is 11.4. The van der Waals surface area contributed by atoms with Crippen molar-refractivity contribution in [1.29, 1.82) is 0 Å². The van der Waals surface area contributed by atoms with Crippen molar-refractivity contribution in [2.45, 2.75) is 13.3 Å². The second kappa shape index (κ2) is 5.27. The van der Waals surface area contributed by atoms with E-state index >= 15 is 0 Å². The highest BCUT2D eigenvalue weighted by molar-refractivity contribution is 5.94. The summed E-state index contributed by atoms with van der Waals surface area (Å²) in [6, 6.07) is 4.59. The molecule has 5 nitrogen and oxygen atoms in total. The van der Waals surface area contributed by atoms with Crippen LogP contribution in [0.2, 0.25) is 0 Å². The highest BCUT2D eigenvalue weighted by Crippen LogP contribution is 2.17. The van der Waals surface area contributed by atoms with E-state index in [1.54, 1.807) is 13.0 Å². The van der Waals surface area contributed by atoms with Crippen LogP contribution in [0.25, 0.3) is 0 Å². The average molecular weight is 222 g/mol. The molecule has 1 amide bonds. The SMILES string of the molecule is Cc1ccc(C(=O)O)cc1NC(=O)CCN. The summed E-state index contributed by atoms with van der Waals surface area (Å²) in [5.41, 5.74) is 6.72. The Morgan fingerprint density at radius 2 is 2.12 bits per heavy atom. The van der Waals surface area contributed by atoms with Crippen molar-refractivity contribution in [2.75, 3.05) is 11.9 Å². The Balaban J connectivity index is 2.90. The standard InChI is InChI=1S/C11H14N2O3/c1-7-2-3-8(11(15)16)6-9(7)13-10(14)4-5-12/h2-3,6H,4-5,12H2,1H3,(H,13,14)(H,15,16). The number of benzene rings is 1. The Bertz CT molecular complexity index is 416. The maximum absolute atomic E-state index is 11.3. The maximum atomic E-state index is 11.3. The lowest BCUT2D eigenvalue weighted by atomic mass is 10.1. The lowest BCUT2D eigenvalue weighted by Gasteiger charge is -2.08. The zero-order valence-corrected chi connectivity index (χ0v) is 8.99. The van der Waals surface area contributed by atoms with Crippen molar-refractivity contribution in [3.05, 3.63) is 29.3 Å². The third kappa shape index (κ3) is 3.06. The number of nitrogens with one attached hydrogen (secondary N) is 1. The molecule has 86 valence electrons. The number of aryl methyl sites for hydroxylation is 1. The van der Waals surface area contributed by atoms with Crippen LogP contribution in [-0.4, -0.2) is 23.5 Å². The van der Waals surface area contributed by atoms with Crippen LogP contribution in [0.1, 0.15) is 22.3 Å². The summed E-state index contributed by atoms with van der Waals surface area (Å²) < 4.78 is 0. The topological polar surface area (TPSA) is 92.4 Å². The Hall–Kier alpha value is -1.88. The summed E-state index contributed by atoms with van der Waals surface area (Å²) in [4.78, 5) is 22.1. The van der Waals surface area contributed by atoms with Crippen LogP contribution in [0.3, 0.4) is 0 Å². The van der Waals surface area contributed by atoms with Crippen molar-refractivity contribution in [2.24, 2.45) is 5.73 Å². The number of rotatable bonds is 4. The molecule has 0 aliphatic carbocycles. The van der Waals surface area contributed by atoms with Crippen molar-refractivity contribution >= 4 is 17.6 Å². The number of carbonyl (C=O) groups excluding carboxylic acids is 1. The molecule has 1 aromatic rings. The van der Waals surface area contributed by atoms with Gasteiger partial charge in [-0.05, 0) is 24.6 Å². The molecule has 1 rings (SSSR count). The third-order valence-corrected chi connectivity index (χ3v) is 2.13. The Labute approximate surface area is 93.3 Å². The summed E-state index contributed by atoms with van der Waals surface area (Å²) >= 11 is 0. The molecular weight excluding hydrogens is 208 g/mol. The molecule has 1 aromatic carbocycles. The molecule has 0 aromatic heterocycles. The van der Waals surface area contributed by atoms with Gasteiger partial charge in [-0.2, -0.15) is 0 Å². The molecule has 0 fully saturated rings. The predicted molar refractivity (Wildman–Crippen MR) is 60.4 cm³/mol. The van der Waals surface area contributed by atoms with E-state index in [9.17, 15) is 9.59 Å². The summed E-state index contributed by atoms with van der Waals surface area (Å²) in [6.07, 6.45) is 0.219. The number of carbonyl (C=O) groups is 2. The maximum Gasteiger partial charge on any atom is 0.335 e. The van der Waals surface area contributed by atoms with Crippen molar-refractivity contribution in [3.8, 4) is 0 Å². The normalized spacial score (nSPS) is 9.88. The molecule has 0 saturated heterocycles. The van der Waals surface area contributed by atoms with Crippen molar-refractivity contribution in [1.82, 2.24) is 0 Å². The van der Waals surface area contributed by atoms with E-state index in [0.29, 0.717) is 5.69 Å². The van der Waals surface area contributed by atoms with Crippen LogP contribution in [-0.2, 0) is 4.79 Å². The number of anilines is 1. The fraction of sp³-hybridized carbons (Fsp3) is 0.273. The molecule has 0 aliphatic rings. The molecule has 0 saturated carbocycles. The largest absolute Gasteiger partial charge is 0.478 e. The van der Waals surface area contributed by atoms with Crippen LogP contribution >= 0.6 is 0 Å². The minimum absolute atomic E-state index is 0.147. The van der Waals surface area contributed by atoms with Gasteiger partial charge in [0.1, 0.15) is 0 Å². The number of hydrogen-bond donors (Lipinski definition) is 3. The van der Waals surface area contributed by atoms with Gasteiger partial charge >= 0.3 is 5.97 Å². The average Bonchev–Trinajstić information content (AvgIpc) is 2.21. The molecule has 0 bridgehead atoms. The van der Waals surface area contributed by atoms with E-state index in [-0.39, 0.29) is 24.4 Å². The van der Waals surface area contributed by atoms with E-state index in [2.05, 4.69) is 5.32 Å². The smallest absolute Gasteiger partial charge is 0.335 e. The summed E-state index contributed by atoms with van der Waals surface area (Å²) in [6.45, 7) is 2.06. The van der Waals surface area contributed by atoms with Crippen LogP contribution in [0, 0.1) is 6.92 Å². The fourth-order valence-electron chi connectivity index (χ4n) is 1.23. The van der Waals surface area contributed by atoms with Crippen LogP contribution in [0.4, 0.5) is 5.69 Å². The number of amides is 1. The van der Waals surface area contributed by atoms with E-state index in [1.165, 1.54) is 12.1 Å². The predicted octanol–water partition coefficient (Wildman–Crippen LogP) is 0.981. The van der Waals surface area contributed by atoms with Gasteiger partial charge in [-0.25, -0.2) is 4.79 Å². The van der Waals surface area contributed by atoms with Crippen LogP contribution in [0.5, 0.6) is 0 Å². The molecule has 0 radical (unpaired) electrons. The monoisotopic (exact) mass is 222 g/mol. The van der Waals surface area contributed by atoms with Gasteiger partial charge in [0.15, 0.2) is 0 Å². The van der Waals surface area contributed by atoms with Crippen molar-refractivity contribution in [3.63, 3.8) is 0 Å². The minimum atomic E-state index is -1.02. The molecular formula is C11H14N2O3. The third-order valence-electron chi connectivity index (χ3n) is 2.13. The Morgan fingerprint density at radius 3 is 2.69 bits per heavy atom. The van der Waals surface area contributed by atoms with Crippen LogP contribution in [0.15, 0.2) is 18.2 Å². The van der Waals surface area contributed by atoms with Gasteiger partial charge in [0, 0.05) is 18.7 Å². The first-order valence-corrected chi connectivity index (χ1v) is 4.88. The molecule has 0 heterocycles. The van der Waals surface area contributed by atoms with Crippen LogP contribution < -0.4 is 11.1 Å². The van der Waals surface area contributed by atoms with Gasteiger partial charge in [0.2, 0.25) is 5.91 Å². The number of hydrogen-bond acceptors (Lipinski definition) is 3. The lowest BCUT2D eigenvalue weighted by Crippen LogP contribution is -2.17. The second-order valence-electron chi connectivity index (χ2n) is 3.42. The molecule has 0 spiro atoms. The van der Waals surface area contributed by atoms with Gasteiger partial charge in [-0.3, -0.25) is 4.79 Å². The first-order valence-electron chi connectivity index (χ1n) is 4.88. The highest BCUT2D eigenvalue weighted by atomic mass is 16.4. The van der Waals surface area contributed by atoms with E-state index in [1.807, 2.05) is 0 Å². The van der Waals surface area contributed by atoms with Gasteiger partial charge in [-0.15, -0.1) is 0 Å². The zero-order valence-electron chi connectivity index (χ0n) is 8.99. The molecule has 0 atom stereocenters. The Kier molecular flexibility index (Phi) is 4.02.